The molecule has 2 rings (SSSR count). The smallest absolute Gasteiger partial charge is 0.251 e. The average molecular weight is 348 g/mol. The summed E-state index contributed by atoms with van der Waals surface area (Å²) in [7, 11) is 1.52. The molecule has 0 saturated carbocycles. The number of anilines is 1. The van der Waals surface area contributed by atoms with E-state index in [4.69, 9.17) is 4.74 Å². The van der Waals surface area contributed by atoms with Crippen LogP contribution in [0.2, 0.25) is 0 Å². The van der Waals surface area contributed by atoms with Crippen molar-refractivity contribution in [2.24, 2.45) is 0 Å². The Bertz CT molecular complexity index is 794. The second-order valence-electron chi connectivity index (χ2n) is 5.34. The Labute approximate surface area is 144 Å². The van der Waals surface area contributed by atoms with Crippen molar-refractivity contribution in [3.8, 4) is 5.75 Å². The van der Waals surface area contributed by atoms with Crippen LogP contribution in [0.15, 0.2) is 36.4 Å². The topological polar surface area (TPSA) is 67.4 Å². The summed E-state index contributed by atoms with van der Waals surface area (Å²) in [6, 6.07) is 8.16. The van der Waals surface area contributed by atoms with E-state index >= 15 is 0 Å². The predicted octanol–water partition coefficient (Wildman–Crippen LogP) is 2.90. The van der Waals surface area contributed by atoms with Gasteiger partial charge in [0.25, 0.3) is 5.91 Å². The Morgan fingerprint density at radius 1 is 1.08 bits per heavy atom. The van der Waals surface area contributed by atoms with Gasteiger partial charge in [0.15, 0.2) is 11.6 Å². The molecule has 0 saturated heterocycles. The molecule has 0 heterocycles. The molecule has 2 amide bonds. The summed E-state index contributed by atoms with van der Waals surface area (Å²) >= 11 is 0. The molecule has 5 nitrogen and oxygen atoms in total. The van der Waals surface area contributed by atoms with Crippen molar-refractivity contribution >= 4 is 17.5 Å². The van der Waals surface area contributed by atoms with Crippen LogP contribution in [0.1, 0.15) is 22.8 Å². The minimum Gasteiger partial charge on any atom is -0.496 e. The number of halogens is 2. The largest absolute Gasteiger partial charge is 0.496 e. The first-order chi connectivity index (χ1) is 11.9. The maximum absolute atomic E-state index is 13.2. The number of nitrogens with one attached hydrogen (secondary N) is 2. The van der Waals surface area contributed by atoms with Gasteiger partial charge in [0.2, 0.25) is 5.91 Å². The Balaban J connectivity index is 2.01. The van der Waals surface area contributed by atoms with Crippen LogP contribution >= 0.6 is 0 Å². The van der Waals surface area contributed by atoms with Gasteiger partial charge in [0.05, 0.1) is 7.11 Å². The molecule has 0 spiro atoms. The van der Waals surface area contributed by atoms with Gasteiger partial charge in [-0.3, -0.25) is 9.59 Å². The molecule has 0 atom stereocenters. The highest BCUT2D eigenvalue weighted by Crippen LogP contribution is 2.23. The van der Waals surface area contributed by atoms with E-state index in [2.05, 4.69) is 10.6 Å². The molecule has 0 radical (unpaired) electrons. The third-order valence-electron chi connectivity index (χ3n) is 3.46. The lowest BCUT2D eigenvalue weighted by Crippen LogP contribution is -2.26. The van der Waals surface area contributed by atoms with Gasteiger partial charge >= 0.3 is 0 Å². The molecule has 0 aliphatic rings. The Hall–Kier alpha value is -2.96. The normalized spacial score (nSPS) is 10.2. The zero-order valence-electron chi connectivity index (χ0n) is 13.9. The molecule has 2 aromatic rings. The zero-order valence-corrected chi connectivity index (χ0v) is 13.9. The predicted molar refractivity (Wildman–Crippen MR) is 89.7 cm³/mol. The van der Waals surface area contributed by atoms with Gasteiger partial charge in [-0.1, -0.05) is 0 Å². The van der Waals surface area contributed by atoms with Crippen molar-refractivity contribution < 1.29 is 23.1 Å². The first-order valence-electron chi connectivity index (χ1n) is 7.58. The number of rotatable bonds is 6. The molecule has 2 aromatic carbocycles. The lowest BCUT2D eigenvalue weighted by atomic mass is 10.1. The van der Waals surface area contributed by atoms with Crippen LogP contribution in [0.3, 0.4) is 0 Å². The number of benzene rings is 2. The molecule has 0 aromatic heterocycles. The summed E-state index contributed by atoms with van der Waals surface area (Å²) in [5.41, 5.74) is 1.45. The van der Waals surface area contributed by atoms with Crippen molar-refractivity contribution in [3.05, 3.63) is 59.2 Å². The molecule has 0 aliphatic carbocycles. The fraction of sp³-hybridized carbons (Fsp3) is 0.222. The summed E-state index contributed by atoms with van der Waals surface area (Å²) < 4.78 is 31.3. The highest BCUT2D eigenvalue weighted by atomic mass is 19.2. The molecular formula is C18H18F2N2O3. The minimum absolute atomic E-state index is 0.0397. The highest BCUT2D eigenvalue weighted by Gasteiger charge is 2.10. The van der Waals surface area contributed by atoms with E-state index in [9.17, 15) is 18.4 Å². The van der Waals surface area contributed by atoms with Crippen LogP contribution in [0, 0.1) is 11.6 Å². The van der Waals surface area contributed by atoms with E-state index < -0.39 is 17.5 Å². The van der Waals surface area contributed by atoms with E-state index in [0.29, 0.717) is 17.9 Å². The molecule has 7 heteroatoms. The van der Waals surface area contributed by atoms with Gasteiger partial charge in [-0.2, -0.15) is 0 Å². The lowest BCUT2D eigenvalue weighted by molar-refractivity contribution is -0.114. The second-order valence-corrected chi connectivity index (χ2v) is 5.34. The van der Waals surface area contributed by atoms with E-state index in [-0.39, 0.29) is 18.0 Å². The van der Waals surface area contributed by atoms with Gasteiger partial charge < -0.3 is 15.4 Å². The average Bonchev–Trinajstić information content (AvgIpc) is 2.57. The van der Waals surface area contributed by atoms with E-state index in [1.807, 2.05) is 0 Å². The van der Waals surface area contributed by atoms with Gasteiger partial charge in [0, 0.05) is 24.7 Å². The quantitative estimate of drug-likeness (QED) is 0.843. The molecule has 0 aliphatic heterocycles. The summed E-state index contributed by atoms with van der Waals surface area (Å²) in [5, 5.41) is 5.31. The standard InChI is InChI=1S/C18H18F2N2O3/c1-11(23)22-14-4-6-17(25-2)12(9-14)7-8-21-18(24)13-3-5-15(19)16(20)10-13/h3-6,9-10H,7-8H2,1-2H3,(H,21,24)(H,22,23). The number of hydrogen-bond acceptors (Lipinski definition) is 3. The molecule has 25 heavy (non-hydrogen) atoms. The number of carbonyl (C=O) groups is 2. The molecule has 0 unspecified atom stereocenters. The minimum atomic E-state index is -1.07. The highest BCUT2D eigenvalue weighted by molar-refractivity contribution is 5.94. The van der Waals surface area contributed by atoms with Crippen molar-refractivity contribution in [2.45, 2.75) is 13.3 Å². The first kappa shape index (κ1) is 18.4. The number of carbonyl (C=O) groups excluding carboxylic acids is 2. The van der Waals surface area contributed by atoms with Crippen molar-refractivity contribution in [2.75, 3.05) is 19.0 Å². The van der Waals surface area contributed by atoms with Crippen molar-refractivity contribution in [1.82, 2.24) is 5.32 Å². The Morgan fingerprint density at radius 2 is 1.84 bits per heavy atom. The number of amides is 2. The van der Waals surface area contributed by atoms with Crippen molar-refractivity contribution in [1.29, 1.82) is 0 Å². The fourth-order valence-electron chi connectivity index (χ4n) is 2.31. The van der Waals surface area contributed by atoms with Crippen LogP contribution in [0.4, 0.5) is 14.5 Å². The lowest BCUT2D eigenvalue weighted by Gasteiger charge is -2.12. The second kappa shape index (κ2) is 8.23. The van der Waals surface area contributed by atoms with E-state index in [1.165, 1.54) is 20.1 Å². The third-order valence-corrected chi connectivity index (χ3v) is 3.46. The summed E-state index contributed by atoms with van der Waals surface area (Å²) in [6.45, 7) is 1.67. The molecule has 0 fully saturated rings. The number of methoxy groups -OCH3 is 1. The molecule has 132 valence electrons. The number of hydrogen-bond donors (Lipinski definition) is 2. The van der Waals surface area contributed by atoms with Crippen LogP contribution in [0.5, 0.6) is 5.75 Å². The molecule has 0 bridgehead atoms. The van der Waals surface area contributed by atoms with Crippen LogP contribution in [0.25, 0.3) is 0 Å². The zero-order chi connectivity index (χ0) is 18.4. The maximum Gasteiger partial charge on any atom is 0.251 e. The fourth-order valence-corrected chi connectivity index (χ4v) is 2.31. The van der Waals surface area contributed by atoms with Crippen LogP contribution < -0.4 is 15.4 Å². The first-order valence-corrected chi connectivity index (χ1v) is 7.58. The van der Waals surface area contributed by atoms with Crippen molar-refractivity contribution in [3.63, 3.8) is 0 Å². The molecular weight excluding hydrogens is 330 g/mol. The maximum atomic E-state index is 13.2. The summed E-state index contributed by atoms with van der Waals surface area (Å²) in [6.07, 6.45) is 0.437. The van der Waals surface area contributed by atoms with Gasteiger partial charge in [-0.25, -0.2) is 8.78 Å². The Morgan fingerprint density at radius 3 is 2.48 bits per heavy atom. The van der Waals surface area contributed by atoms with Gasteiger partial charge in [0.1, 0.15) is 5.75 Å². The summed E-state index contributed by atoms with van der Waals surface area (Å²) in [5.74, 6) is -2.15. The van der Waals surface area contributed by atoms with E-state index in [0.717, 1.165) is 17.7 Å². The van der Waals surface area contributed by atoms with Crippen LogP contribution in [-0.2, 0) is 11.2 Å². The summed E-state index contributed by atoms with van der Waals surface area (Å²) in [4.78, 5) is 23.1. The number of ether oxygens (including phenoxy) is 1. The SMILES string of the molecule is COc1ccc(NC(C)=O)cc1CCNC(=O)c1ccc(F)c(F)c1. The third kappa shape index (κ3) is 5.00. The van der Waals surface area contributed by atoms with Crippen LogP contribution in [-0.4, -0.2) is 25.5 Å². The molecule has 2 N–H and O–H groups in total. The monoisotopic (exact) mass is 348 g/mol. The van der Waals surface area contributed by atoms with Gasteiger partial charge in [-0.05, 0) is 48.4 Å². The van der Waals surface area contributed by atoms with Gasteiger partial charge in [-0.15, -0.1) is 0 Å². The Kier molecular flexibility index (Phi) is 6.05. The van der Waals surface area contributed by atoms with E-state index in [1.54, 1.807) is 18.2 Å².